The first kappa shape index (κ1) is 15.8. The summed E-state index contributed by atoms with van der Waals surface area (Å²) in [7, 11) is 0. The van der Waals surface area contributed by atoms with Gasteiger partial charge in [0.1, 0.15) is 11.6 Å². The predicted octanol–water partition coefficient (Wildman–Crippen LogP) is 3.59. The Morgan fingerprint density at radius 1 is 1.42 bits per heavy atom. The number of Topliss-reactive ketones (excluding diaryl/α,β-unsaturated/α-hetero) is 1. The SMILES string of the molecule is CCC[C@H](CC(=O)Cc1ccc(Br)cc1F)C(=O)O. The van der Waals surface area contributed by atoms with Crippen LogP contribution in [0.1, 0.15) is 31.7 Å². The van der Waals surface area contributed by atoms with Gasteiger partial charge in [0.2, 0.25) is 0 Å². The normalized spacial score (nSPS) is 12.2. The third-order valence-corrected chi connectivity index (χ3v) is 3.36. The van der Waals surface area contributed by atoms with E-state index in [0.29, 0.717) is 22.9 Å². The zero-order valence-electron chi connectivity index (χ0n) is 10.7. The molecule has 1 N–H and O–H groups in total. The molecule has 1 rings (SSSR count). The summed E-state index contributed by atoms with van der Waals surface area (Å²) in [6, 6.07) is 4.49. The Hall–Kier alpha value is -1.23. The van der Waals surface area contributed by atoms with E-state index in [1.54, 1.807) is 6.07 Å². The third-order valence-electron chi connectivity index (χ3n) is 2.86. The van der Waals surface area contributed by atoms with Crippen LogP contribution in [-0.2, 0) is 16.0 Å². The minimum atomic E-state index is -0.966. The molecule has 0 aliphatic carbocycles. The Labute approximate surface area is 120 Å². The summed E-state index contributed by atoms with van der Waals surface area (Å²) < 4.78 is 14.2. The molecule has 1 aromatic rings. The minimum Gasteiger partial charge on any atom is -0.481 e. The van der Waals surface area contributed by atoms with E-state index in [9.17, 15) is 14.0 Å². The topological polar surface area (TPSA) is 54.4 Å². The maximum Gasteiger partial charge on any atom is 0.306 e. The number of halogens is 2. The number of ketones is 1. The van der Waals surface area contributed by atoms with Crippen molar-refractivity contribution in [2.75, 3.05) is 0 Å². The number of aliphatic carboxylic acids is 1. The summed E-state index contributed by atoms with van der Waals surface area (Å²) in [6.45, 7) is 1.87. The molecule has 104 valence electrons. The van der Waals surface area contributed by atoms with Crippen molar-refractivity contribution in [2.24, 2.45) is 5.92 Å². The molecule has 0 unspecified atom stereocenters. The Morgan fingerprint density at radius 2 is 2.11 bits per heavy atom. The molecular weight excluding hydrogens is 315 g/mol. The number of carboxylic acids is 1. The zero-order valence-corrected chi connectivity index (χ0v) is 12.2. The second-order valence-electron chi connectivity index (χ2n) is 4.48. The van der Waals surface area contributed by atoms with Gasteiger partial charge in [0.05, 0.1) is 5.92 Å². The van der Waals surface area contributed by atoms with E-state index in [-0.39, 0.29) is 18.6 Å². The molecule has 0 heterocycles. The van der Waals surface area contributed by atoms with Gasteiger partial charge in [-0.05, 0) is 24.1 Å². The van der Waals surface area contributed by atoms with Crippen molar-refractivity contribution in [3.63, 3.8) is 0 Å². The monoisotopic (exact) mass is 330 g/mol. The van der Waals surface area contributed by atoms with E-state index in [0.717, 1.165) is 0 Å². The van der Waals surface area contributed by atoms with Crippen LogP contribution in [-0.4, -0.2) is 16.9 Å². The van der Waals surface area contributed by atoms with Crippen LogP contribution in [0.3, 0.4) is 0 Å². The quantitative estimate of drug-likeness (QED) is 0.831. The number of hydrogen-bond acceptors (Lipinski definition) is 2. The van der Waals surface area contributed by atoms with Crippen molar-refractivity contribution in [2.45, 2.75) is 32.6 Å². The lowest BCUT2D eigenvalue weighted by molar-refractivity contribution is -0.144. The molecule has 1 atom stereocenters. The molecule has 5 heteroatoms. The van der Waals surface area contributed by atoms with Crippen LogP contribution in [0.25, 0.3) is 0 Å². The number of benzene rings is 1. The van der Waals surface area contributed by atoms with E-state index >= 15 is 0 Å². The predicted molar refractivity (Wildman–Crippen MR) is 73.5 cm³/mol. The third kappa shape index (κ3) is 5.11. The second kappa shape index (κ2) is 7.38. The molecule has 3 nitrogen and oxygen atoms in total. The number of hydrogen-bond donors (Lipinski definition) is 1. The molecule has 0 amide bonds. The van der Waals surface area contributed by atoms with E-state index < -0.39 is 17.7 Å². The summed E-state index contributed by atoms with van der Waals surface area (Å²) in [5.74, 6) is -2.34. The largest absolute Gasteiger partial charge is 0.481 e. The van der Waals surface area contributed by atoms with Gasteiger partial charge in [-0.1, -0.05) is 35.3 Å². The molecule has 0 bridgehead atoms. The van der Waals surface area contributed by atoms with Gasteiger partial charge in [0.25, 0.3) is 0 Å². The summed E-state index contributed by atoms with van der Waals surface area (Å²) in [5.41, 5.74) is 0.300. The highest BCUT2D eigenvalue weighted by Gasteiger charge is 2.20. The first-order chi connectivity index (χ1) is 8.93. The molecule has 19 heavy (non-hydrogen) atoms. The van der Waals surface area contributed by atoms with Crippen LogP contribution < -0.4 is 0 Å². The lowest BCUT2D eigenvalue weighted by Crippen LogP contribution is -2.19. The zero-order chi connectivity index (χ0) is 14.4. The first-order valence-electron chi connectivity index (χ1n) is 6.12. The summed E-state index contributed by atoms with van der Waals surface area (Å²) >= 11 is 3.14. The van der Waals surface area contributed by atoms with Crippen LogP contribution >= 0.6 is 15.9 Å². The van der Waals surface area contributed by atoms with E-state index in [1.165, 1.54) is 12.1 Å². The van der Waals surface area contributed by atoms with Gasteiger partial charge in [0.15, 0.2) is 0 Å². The Morgan fingerprint density at radius 3 is 2.63 bits per heavy atom. The molecule has 1 aromatic carbocycles. The van der Waals surface area contributed by atoms with E-state index in [1.807, 2.05) is 6.92 Å². The Bertz CT molecular complexity index is 474. The number of carbonyl (C=O) groups is 2. The average Bonchev–Trinajstić information content (AvgIpc) is 2.32. The molecule has 0 saturated carbocycles. The lowest BCUT2D eigenvalue weighted by atomic mass is 9.94. The number of carboxylic acid groups (broad SMARTS) is 1. The molecule has 0 fully saturated rings. The lowest BCUT2D eigenvalue weighted by Gasteiger charge is -2.10. The Balaban J connectivity index is 2.66. The van der Waals surface area contributed by atoms with Gasteiger partial charge in [-0.15, -0.1) is 0 Å². The van der Waals surface area contributed by atoms with Gasteiger partial charge in [-0.2, -0.15) is 0 Å². The number of rotatable bonds is 7. The van der Waals surface area contributed by atoms with Crippen molar-refractivity contribution in [1.82, 2.24) is 0 Å². The van der Waals surface area contributed by atoms with Gasteiger partial charge in [-0.3, -0.25) is 9.59 Å². The van der Waals surface area contributed by atoms with Crippen molar-refractivity contribution < 1.29 is 19.1 Å². The molecule has 0 saturated heterocycles. The van der Waals surface area contributed by atoms with Crippen LogP contribution in [0, 0.1) is 11.7 Å². The van der Waals surface area contributed by atoms with Gasteiger partial charge in [-0.25, -0.2) is 4.39 Å². The van der Waals surface area contributed by atoms with Gasteiger partial charge < -0.3 is 5.11 Å². The summed E-state index contributed by atoms with van der Waals surface area (Å²) in [6.07, 6.45) is 1.06. The standard InChI is InChI=1S/C14H16BrFO3/c1-2-3-10(14(18)19)7-12(17)6-9-4-5-11(15)8-13(9)16/h4-5,8,10H,2-3,6-7H2,1H3,(H,18,19)/t10-/m1/s1. The van der Waals surface area contributed by atoms with Crippen LogP contribution in [0.2, 0.25) is 0 Å². The van der Waals surface area contributed by atoms with Crippen molar-refractivity contribution >= 4 is 27.7 Å². The molecule has 0 aromatic heterocycles. The first-order valence-corrected chi connectivity index (χ1v) is 6.91. The maximum absolute atomic E-state index is 13.6. The fourth-order valence-electron chi connectivity index (χ4n) is 1.89. The fraction of sp³-hybridized carbons (Fsp3) is 0.429. The highest BCUT2D eigenvalue weighted by molar-refractivity contribution is 9.10. The average molecular weight is 331 g/mol. The van der Waals surface area contributed by atoms with Crippen LogP contribution in [0.4, 0.5) is 4.39 Å². The van der Waals surface area contributed by atoms with Crippen molar-refractivity contribution in [1.29, 1.82) is 0 Å². The van der Waals surface area contributed by atoms with Crippen molar-refractivity contribution in [3.8, 4) is 0 Å². The summed E-state index contributed by atoms with van der Waals surface area (Å²) in [4.78, 5) is 22.8. The molecule has 0 aliphatic rings. The molecule has 0 aliphatic heterocycles. The van der Waals surface area contributed by atoms with Crippen LogP contribution in [0.15, 0.2) is 22.7 Å². The van der Waals surface area contributed by atoms with Crippen molar-refractivity contribution in [3.05, 3.63) is 34.1 Å². The second-order valence-corrected chi connectivity index (χ2v) is 5.39. The Kier molecular flexibility index (Phi) is 6.15. The van der Waals surface area contributed by atoms with Crippen LogP contribution in [0.5, 0.6) is 0 Å². The molecular formula is C14H16BrFO3. The summed E-state index contributed by atoms with van der Waals surface area (Å²) in [5, 5.41) is 8.98. The maximum atomic E-state index is 13.6. The van der Waals surface area contributed by atoms with E-state index in [4.69, 9.17) is 5.11 Å². The number of carbonyl (C=O) groups excluding carboxylic acids is 1. The van der Waals surface area contributed by atoms with Gasteiger partial charge >= 0.3 is 5.97 Å². The highest BCUT2D eigenvalue weighted by atomic mass is 79.9. The smallest absolute Gasteiger partial charge is 0.306 e. The van der Waals surface area contributed by atoms with Gasteiger partial charge in [0, 0.05) is 17.3 Å². The molecule has 0 spiro atoms. The minimum absolute atomic E-state index is 0.0430. The highest BCUT2D eigenvalue weighted by Crippen LogP contribution is 2.18. The van der Waals surface area contributed by atoms with E-state index in [2.05, 4.69) is 15.9 Å². The molecule has 0 radical (unpaired) electrons. The fourth-order valence-corrected chi connectivity index (χ4v) is 2.22.